The van der Waals surface area contributed by atoms with Crippen molar-refractivity contribution in [3.63, 3.8) is 0 Å². The van der Waals surface area contributed by atoms with Crippen molar-refractivity contribution >= 4 is 17.7 Å². The molecule has 2 aromatic carbocycles. The predicted octanol–water partition coefficient (Wildman–Crippen LogP) is 4.90. The molecule has 0 saturated carbocycles. The van der Waals surface area contributed by atoms with Crippen molar-refractivity contribution in [3.05, 3.63) is 82.2 Å². The molecule has 0 aliphatic carbocycles. The number of benzene rings is 2. The van der Waals surface area contributed by atoms with E-state index in [2.05, 4.69) is 59.5 Å². The zero-order valence-electron chi connectivity index (χ0n) is 16.9. The number of nitrogens with zero attached hydrogens (tertiary/aromatic N) is 1. The van der Waals surface area contributed by atoms with Crippen LogP contribution < -0.4 is 5.32 Å². The molecule has 28 heavy (non-hydrogen) atoms. The minimum Gasteiger partial charge on any atom is -0.349 e. The highest BCUT2D eigenvalue weighted by Crippen LogP contribution is 2.20. The molecular formula is C23H27N3OS. The van der Waals surface area contributed by atoms with E-state index in [1.165, 1.54) is 28.5 Å². The van der Waals surface area contributed by atoms with Gasteiger partial charge in [-0.15, -0.1) is 0 Å². The van der Waals surface area contributed by atoms with Gasteiger partial charge in [-0.2, -0.15) is 0 Å². The number of carbonyl (C=O) groups is 1. The average molecular weight is 394 g/mol. The summed E-state index contributed by atoms with van der Waals surface area (Å²) in [5.74, 6) is 0.349. The molecule has 146 valence electrons. The van der Waals surface area contributed by atoms with Gasteiger partial charge in [-0.05, 0) is 49.9 Å². The summed E-state index contributed by atoms with van der Waals surface area (Å²) in [5, 5.41) is 3.86. The van der Waals surface area contributed by atoms with E-state index in [0.29, 0.717) is 5.75 Å². The Morgan fingerprint density at radius 2 is 1.86 bits per heavy atom. The zero-order chi connectivity index (χ0) is 20.1. The fourth-order valence-electron chi connectivity index (χ4n) is 3.03. The van der Waals surface area contributed by atoms with E-state index < -0.39 is 0 Å². The number of imidazole rings is 1. The van der Waals surface area contributed by atoms with E-state index in [1.54, 1.807) is 0 Å². The van der Waals surface area contributed by atoms with Crippen LogP contribution in [0.1, 0.15) is 46.6 Å². The highest BCUT2D eigenvalue weighted by molar-refractivity contribution is 7.99. The van der Waals surface area contributed by atoms with Crippen molar-refractivity contribution < 1.29 is 4.79 Å². The van der Waals surface area contributed by atoms with Crippen molar-refractivity contribution in [3.8, 4) is 0 Å². The van der Waals surface area contributed by atoms with E-state index in [0.717, 1.165) is 28.5 Å². The number of aryl methyl sites for hydroxylation is 3. The van der Waals surface area contributed by atoms with Gasteiger partial charge in [-0.25, -0.2) is 4.98 Å². The van der Waals surface area contributed by atoms with Crippen LogP contribution >= 0.6 is 11.8 Å². The number of thioether (sulfide) groups is 1. The Labute approximate surface area is 171 Å². The molecular weight excluding hydrogens is 366 g/mol. The van der Waals surface area contributed by atoms with E-state index >= 15 is 0 Å². The van der Waals surface area contributed by atoms with Gasteiger partial charge in [-0.1, -0.05) is 60.3 Å². The summed E-state index contributed by atoms with van der Waals surface area (Å²) in [4.78, 5) is 20.3. The van der Waals surface area contributed by atoms with Gasteiger partial charge in [0.05, 0.1) is 17.5 Å². The van der Waals surface area contributed by atoms with Crippen LogP contribution in [0.3, 0.4) is 0 Å². The number of nitrogens with one attached hydrogen (secondary N) is 2. The van der Waals surface area contributed by atoms with Crippen LogP contribution in [0.25, 0.3) is 0 Å². The molecule has 0 aliphatic heterocycles. The summed E-state index contributed by atoms with van der Waals surface area (Å²) in [6, 6.07) is 16.6. The van der Waals surface area contributed by atoms with Gasteiger partial charge in [0.25, 0.3) is 0 Å². The molecule has 0 aliphatic rings. The van der Waals surface area contributed by atoms with Crippen molar-refractivity contribution in [2.45, 2.75) is 45.3 Å². The molecule has 1 aromatic heterocycles. The van der Waals surface area contributed by atoms with Gasteiger partial charge >= 0.3 is 0 Å². The van der Waals surface area contributed by atoms with Crippen LogP contribution in [0, 0.1) is 20.8 Å². The SMILES string of the molecule is Cc1ccc([C@H](C)NC(=O)CSc2nc(Cc3ccccc3)c(C)[nH]2)cc1C. The normalized spacial score (nSPS) is 12.0. The number of amides is 1. The Bertz CT molecular complexity index is 950. The lowest BCUT2D eigenvalue weighted by Crippen LogP contribution is -2.28. The van der Waals surface area contributed by atoms with Gasteiger partial charge in [0.1, 0.15) is 0 Å². The maximum absolute atomic E-state index is 12.4. The van der Waals surface area contributed by atoms with E-state index in [-0.39, 0.29) is 11.9 Å². The molecule has 0 radical (unpaired) electrons. The number of rotatable bonds is 7. The standard InChI is InChI=1S/C23H27N3OS/c1-15-10-11-20(12-16(15)2)17(3)24-22(27)14-28-23-25-18(4)21(26-23)13-19-8-6-5-7-9-19/h5-12,17H,13-14H2,1-4H3,(H,24,27)(H,25,26)/t17-/m0/s1. The van der Waals surface area contributed by atoms with Crippen LogP contribution in [0.4, 0.5) is 0 Å². The number of hydrogen-bond donors (Lipinski definition) is 2. The molecule has 5 heteroatoms. The summed E-state index contributed by atoms with van der Waals surface area (Å²) in [6.07, 6.45) is 0.791. The fourth-order valence-corrected chi connectivity index (χ4v) is 3.78. The van der Waals surface area contributed by atoms with Crippen molar-refractivity contribution in [1.29, 1.82) is 0 Å². The first kappa shape index (κ1) is 20.2. The number of hydrogen-bond acceptors (Lipinski definition) is 3. The van der Waals surface area contributed by atoms with Gasteiger partial charge in [0, 0.05) is 12.1 Å². The largest absolute Gasteiger partial charge is 0.349 e. The van der Waals surface area contributed by atoms with Gasteiger partial charge < -0.3 is 10.3 Å². The molecule has 0 bridgehead atoms. The van der Waals surface area contributed by atoms with Crippen LogP contribution in [0.2, 0.25) is 0 Å². The van der Waals surface area contributed by atoms with Gasteiger partial charge in [-0.3, -0.25) is 4.79 Å². The average Bonchev–Trinajstić information content (AvgIpc) is 3.02. The molecule has 0 spiro atoms. The summed E-state index contributed by atoms with van der Waals surface area (Å²) in [5.41, 5.74) is 6.93. The number of H-pyrrole nitrogens is 1. The third-order valence-corrected chi connectivity index (χ3v) is 5.80. The third-order valence-electron chi connectivity index (χ3n) is 4.93. The van der Waals surface area contributed by atoms with Crippen LogP contribution in [-0.4, -0.2) is 21.6 Å². The monoisotopic (exact) mass is 393 g/mol. The minimum atomic E-state index is -0.0145. The number of aromatic amines is 1. The third kappa shape index (κ3) is 5.26. The molecule has 3 rings (SSSR count). The Kier molecular flexibility index (Phi) is 6.57. The topological polar surface area (TPSA) is 57.8 Å². The van der Waals surface area contributed by atoms with Crippen LogP contribution in [-0.2, 0) is 11.2 Å². The summed E-state index contributed by atoms with van der Waals surface area (Å²) >= 11 is 1.44. The molecule has 0 saturated heterocycles. The Balaban J connectivity index is 1.54. The number of carbonyl (C=O) groups excluding carboxylic acids is 1. The second-order valence-electron chi connectivity index (χ2n) is 7.20. The second kappa shape index (κ2) is 9.11. The maximum atomic E-state index is 12.4. The molecule has 1 heterocycles. The molecule has 0 unspecified atom stereocenters. The lowest BCUT2D eigenvalue weighted by atomic mass is 10.0. The van der Waals surface area contributed by atoms with Crippen molar-refractivity contribution in [2.24, 2.45) is 0 Å². The van der Waals surface area contributed by atoms with Gasteiger partial charge in [0.15, 0.2) is 5.16 Å². The molecule has 4 nitrogen and oxygen atoms in total. The first-order chi connectivity index (χ1) is 13.4. The highest BCUT2D eigenvalue weighted by Gasteiger charge is 2.13. The maximum Gasteiger partial charge on any atom is 0.230 e. The van der Waals surface area contributed by atoms with E-state index in [1.807, 2.05) is 32.0 Å². The summed E-state index contributed by atoms with van der Waals surface area (Å²) < 4.78 is 0. The fraction of sp³-hybridized carbons (Fsp3) is 0.304. The Hall–Kier alpha value is -2.53. The molecule has 2 N–H and O–H groups in total. The van der Waals surface area contributed by atoms with Gasteiger partial charge in [0.2, 0.25) is 5.91 Å². The molecule has 3 aromatic rings. The molecule has 1 atom stereocenters. The highest BCUT2D eigenvalue weighted by atomic mass is 32.2. The lowest BCUT2D eigenvalue weighted by molar-refractivity contribution is -0.119. The summed E-state index contributed by atoms with van der Waals surface area (Å²) in [6.45, 7) is 8.23. The summed E-state index contributed by atoms with van der Waals surface area (Å²) in [7, 11) is 0. The van der Waals surface area contributed by atoms with Crippen LogP contribution in [0.5, 0.6) is 0 Å². The second-order valence-corrected chi connectivity index (χ2v) is 8.16. The van der Waals surface area contributed by atoms with E-state index in [9.17, 15) is 4.79 Å². The molecule has 1 amide bonds. The minimum absolute atomic E-state index is 0.00869. The first-order valence-electron chi connectivity index (χ1n) is 9.51. The Morgan fingerprint density at radius 1 is 1.11 bits per heavy atom. The predicted molar refractivity (Wildman–Crippen MR) is 116 cm³/mol. The van der Waals surface area contributed by atoms with Crippen molar-refractivity contribution in [1.82, 2.24) is 15.3 Å². The van der Waals surface area contributed by atoms with Crippen molar-refractivity contribution in [2.75, 3.05) is 5.75 Å². The quantitative estimate of drug-likeness (QED) is 0.562. The zero-order valence-corrected chi connectivity index (χ0v) is 17.7. The van der Waals surface area contributed by atoms with E-state index in [4.69, 9.17) is 0 Å². The number of aromatic nitrogens is 2. The Morgan fingerprint density at radius 3 is 2.57 bits per heavy atom. The smallest absolute Gasteiger partial charge is 0.230 e. The first-order valence-corrected chi connectivity index (χ1v) is 10.5. The lowest BCUT2D eigenvalue weighted by Gasteiger charge is -2.15. The van der Waals surface area contributed by atoms with Crippen LogP contribution in [0.15, 0.2) is 53.7 Å². The molecule has 0 fully saturated rings.